The van der Waals surface area contributed by atoms with Crippen LogP contribution in [0.3, 0.4) is 0 Å². The zero-order valence-electron chi connectivity index (χ0n) is 4.15. The zero-order chi connectivity index (χ0) is 5.70. The van der Waals surface area contributed by atoms with Crippen LogP contribution in [0.15, 0.2) is 0 Å². The number of nitrogens with one attached hydrogen (secondary N) is 1. The Labute approximate surface area is 51.4 Å². The van der Waals surface area contributed by atoms with Gasteiger partial charge in [0.15, 0.2) is 0 Å². The molecule has 7 heavy (non-hydrogen) atoms. The van der Waals surface area contributed by atoms with E-state index in [4.69, 9.17) is 0 Å². The van der Waals surface area contributed by atoms with Crippen molar-refractivity contribution in [2.45, 2.75) is 18.3 Å². The van der Waals surface area contributed by atoms with E-state index < -0.39 is 0 Å². The van der Waals surface area contributed by atoms with Gasteiger partial charge < -0.3 is 5.32 Å². The number of hydrogen-bond acceptors (Lipinski definition) is 1. The largest absolute Gasteiger partial charge is 0.346 e. The normalized spacial score (nSPS) is 12.9. The fourth-order valence-corrected chi connectivity index (χ4v) is 0.300. The Hall–Kier alpha value is -0.0500. The average molecular weight is 166 g/mol. The maximum absolute atomic E-state index is 9.63. The molecular formula is C4H8BrNO. The van der Waals surface area contributed by atoms with E-state index in [-0.39, 0.29) is 4.95 Å². The minimum Gasteiger partial charge on any atom is -0.346 e. The van der Waals surface area contributed by atoms with Crippen LogP contribution in [0.1, 0.15) is 13.3 Å². The molecule has 0 heterocycles. The average Bonchev–Trinajstić information content (AvgIpc) is 1.68. The van der Waals surface area contributed by atoms with Crippen molar-refractivity contribution in [1.82, 2.24) is 5.32 Å². The van der Waals surface area contributed by atoms with Crippen LogP contribution < -0.4 is 5.32 Å². The van der Waals surface area contributed by atoms with Gasteiger partial charge in [0.1, 0.15) is 0 Å². The molecule has 0 fully saturated rings. The molecule has 1 amide bonds. The van der Waals surface area contributed by atoms with Crippen molar-refractivity contribution in [2.75, 3.05) is 0 Å². The molecule has 0 spiro atoms. The first kappa shape index (κ1) is 6.95. The molecule has 0 saturated carbocycles. The molecule has 1 N–H and O–H groups in total. The molecule has 0 radical (unpaired) electrons. The zero-order valence-corrected chi connectivity index (χ0v) is 5.73. The van der Waals surface area contributed by atoms with Crippen molar-refractivity contribution < 1.29 is 4.79 Å². The van der Waals surface area contributed by atoms with E-state index in [9.17, 15) is 4.79 Å². The quantitative estimate of drug-likeness (QED) is 0.376. The highest BCUT2D eigenvalue weighted by Gasteiger charge is 1.92. The van der Waals surface area contributed by atoms with Gasteiger partial charge in [-0.15, -0.1) is 0 Å². The molecule has 0 aromatic carbocycles. The lowest BCUT2D eigenvalue weighted by Crippen LogP contribution is -2.19. The first-order chi connectivity index (χ1) is 3.31. The summed E-state index contributed by atoms with van der Waals surface area (Å²) >= 11 is 3.19. The van der Waals surface area contributed by atoms with Crippen molar-refractivity contribution in [3.63, 3.8) is 0 Å². The van der Waals surface area contributed by atoms with E-state index in [1.54, 1.807) is 0 Å². The van der Waals surface area contributed by atoms with Gasteiger partial charge in [-0.3, -0.25) is 4.79 Å². The van der Waals surface area contributed by atoms with Crippen molar-refractivity contribution >= 4 is 22.3 Å². The van der Waals surface area contributed by atoms with Crippen LogP contribution in [0.4, 0.5) is 0 Å². The minimum absolute atomic E-state index is 0.144. The predicted molar refractivity (Wildman–Crippen MR) is 32.2 cm³/mol. The van der Waals surface area contributed by atoms with Gasteiger partial charge in [0.05, 0.1) is 4.95 Å². The number of rotatable bonds is 3. The second-order valence-corrected chi connectivity index (χ2v) is 2.27. The SMILES string of the molecule is CCC(Br)NC=O. The second-order valence-electron chi connectivity index (χ2n) is 1.16. The number of carbonyl (C=O) groups is 1. The standard InChI is InChI=1S/C4H8BrNO/c1-2-4(5)6-3-7/h3-4H,2H2,1H3,(H,6,7). The molecule has 0 aliphatic rings. The monoisotopic (exact) mass is 165 g/mol. The third kappa shape index (κ3) is 3.79. The smallest absolute Gasteiger partial charge is 0.207 e. The molecule has 0 aromatic rings. The van der Waals surface area contributed by atoms with E-state index >= 15 is 0 Å². The Bertz CT molecular complexity index is 57.7. The number of amides is 1. The van der Waals surface area contributed by atoms with Crippen molar-refractivity contribution in [3.05, 3.63) is 0 Å². The maximum atomic E-state index is 9.63. The summed E-state index contributed by atoms with van der Waals surface area (Å²) in [6.07, 6.45) is 1.60. The highest BCUT2D eigenvalue weighted by molar-refractivity contribution is 9.09. The topological polar surface area (TPSA) is 29.1 Å². The number of alkyl halides is 1. The second kappa shape index (κ2) is 4.12. The molecule has 2 nitrogen and oxygen atoms in total. The van der Waals surface area contributed by atoms with Crippen LogP contribution in [-0.2, 0) is 4.79 Å². The molecule has 1 atom stereocenters. The van der Waals surface area contributed by atoms with E-state index in [1.165, 1.54) is 0 Å². The molecule has 3 heteroatoms. The number of hydrogen-bond donors (Lipinski definition) is 1. The maximum Gasteiger partial charge on any atom is 0.207 e. The highest BCUT2D eigenvalue weighted by Crippen LogP contribution is 1.96. The first-order valence-electron chi connectivity index (χ1n) is 2.15. The molecule has 0 rings (SSSR count). The fourth-order valence-electron chi connectivity index (χ4n) is 0.192. The summed E-state index contributed by atoms with van der Waals surface area (Å²) in [5, 5.41) is 2.53. The summed E-state index contributed by atoms with van der Waals surface area (Å²) in [5.41, 5.74) is 0. The van der Waals surface area contributed by atoms with Gasteiger partial charge in [0, 0.05) is 0 Å². The molecule has 0 saturated heterocycles. The summed E-state index contributed by atoms with van der Waals surface area (Å²) in [5.74, 6) is 0. The number of carbonyl (C=O) groups excluding carboxylic acids is 1. The summed E-state index contributed by atoms with van der Waals surface area (Å²) in [4.78, 5) is 9.78. The van der Waals surface area contributed by atoms with Gasteiger partial charge in [-0.25, -0.2) is 0 Å². The molecule has 42 valence electrons. The van der Waals surface area contributed by atoms with Gasteiger partial charge >= 0.3 is 0 Å². The Morgan fingerprint density at radius 1 is 2.00 bits per heavy atom. The van der Waals surface area contributed by atoms with Gasteiger partial charge in [-0.2, -0.15) is 0 Å². The Balaban J connectivity index is 2.98. The molecular weight excluding hydrogens is 158 g/mol. The van der Waals surface area contributed by atoms with Gasteiger partial charge in [0.2, 0.25) is 6.41 Å². The summed E-state index contributed by atoms with van der Waals surface area (Å²) in [7, 11) is 0. The lowest BCUT2D eigenvalue weighted by molar-refractivity contribution is -0.109. The van der Waals surface area contributed by atoms with Gasteiger partial charge in [-0.1, -0.05) is 22.9 Å². The first-order valence-corrected chi connectivity index (χ1v) is 3.06. The Kier molecular flexibility index (Phi) is 4.09. The van der Waals surface area contributed by atoms with Gasteiger partial charge in [0.25, 0.3) is 0 Å². The summed E-state index contributed by atoms with van der Waals surface area (Å²) in [6, 6.07) is 0. The molecule has 0 aromatic heterocycles. The predicted octanol–water partition coefficient (Wildman–Crippen LogP) is 0.863. The molecule has 1 unspecified atom stereocenters. The van der Waals surface area contributed by atoms with Crippen molar-refractivity contribution in [2.24, 2.45) is 0 Å². The molecule has 0 aliphatic carbocycles. The van der Waals surface area contributed by atoms with Crippen LogP contribution in [0.25, 0.3) is 0 Å². The summed E-state index contributed by atoms with van der Waals surface area (Å²) < 4.78 is 0. The van der Waals surface area contributed by atoms with Crippen LogP contribution >= 0.6 is 15.9 Å². The van der Waals surface area contributed by atoms with Crippen LogP contribution in [0.5, 0.6) is 0 Å². The lowest BCUT2D eigenvalue weighted by Gasteiger charge is -2.00. The van der Waals surface area contributed by atoms with E-state index in [1.807, 2.05) is 6.92 Å². The fraction of sp³-hybridized carbons (Fsp3) is 0.750. The van der Waals surface area contributed by atoms with Crippen molar-refractivity contribution in [1.29, 1.82) is 0 Å². The number of halogens is 1. The van der Waals surface area contributed by atoms with E-state index in [0.717, 1.165) is 6.42 Å². The van der Waals surface area contributed by atoms with Crippen molar-refractivity contribution in [3.8, 4) is 0 Å². The van der Waals surface area contributed by atoms with E-state index in [0.29, 0.717) is 6.41 Å². The summed E-state index contributed by atoms with van der Waals surface area (Å²) in [6.45, 7) is 1.98. The third-order valence-corrected chi connectivity index (χ3v) is 1.52. The lowest BCUT2D eigenvalue weighted by atomic mass is 10.5. The minimum atomic E-state index is 0.144. The third-order valence-electron chi connectivity index (χ3n) is 0.607. The Morgan fingerprint density at radius 2 is 2.57 bits per heavy atom. The Morgan fingerprint density at radius 3 is 2.71 bits per heavy atom. The molecule has 0 bridgehead atoms. The highest BCUT2D eigenvalue weighted by atomic mass is 79.9. The van der Waals surface area contributed by atoms with Gasteiger partial charge in [-0.05, 0) is 6.42 Å². The van der Waals surface area contributed by atoms with Crippen LogP contribution in [-0.4, -0.2) is 11.4 Å². The molecule has 0 aliphatic heterocycles. The van der Waals surface area contributed by atoms with Crippen LogP contribution in [0.2, 0.25) is 0 Å². The van der Waals surface area contributed by atoms with E-state index in [2.05, 4.69) is 21.2 Å². The van der Waals surface area contributed by atoms with Crippen LogP contribution in [0, 0.1) is 0 Å².